The maximum absolute atomic E-state index is 13.4. The minimum Gasteiger partial charge on any atom is -0.378 e. The number of fused-ring (bicyclic) bond motifs is 2. The van der Waals surface area contributed by atoms with Crippen molar-refractivity contribution in [2.24, 2.45) is 0 Å². The fraction of sp³-hybridized carbons (Fsp3) is 0.318. The molecule has 26 heavy (non-hydrogen) atoms. The highest BCUT2D eigenvalue weighted by Crippen LogP contribution is 2.30. The number of hydrogen-bond acceptors (Lipinski definition) is 3. The molecule has 2 aromatic rings. The van der Waals surface area contributed by atoms with E-state index in [0.29, 0.717) is 24.6 Å². The Kier molecular flexibility index (Phi) is 4.83. The summed E-state index contributed by atoms with van der Waals surface area (Å²) in [6, 6.07) is 17.7. The summed E-state index contributed by atoms with van der Waals surface area (Å²) in [5, 5.41) is 9.28. The third-order valence-electron chi connectivity index (χ3n) is 5.24. The number of nitriles is 1. The fourth-order valence-corrected chi connectivity index (χ4v) is 3.97. The summed E-state index contributed by atoms with van der Waals surface area (Å²) in [5.41, 5.74) is 3.96. The zero-order valence-corrected chi connectivity index (χ0v) is 14.6. The van der Waals surface area contributed by atoms with Crippen LogP contribution in [0.1, 0.15) is 23.1 Å². The minimum absolute atomic E-state index is 0.253. The van der Waals surface area contributed by atoms with E-state index in [0.717, 1.165) is 25.1 Å². The molecule has 0 aromatic heterocycles. The average Bonchev–Trinajstić information content (AvgIpc) is 2.64. The van der Waals surface area contributed by atoms with Crippen molar-refractivity contribution in [2.45, 2.75) is 31.5 Å². The number of ether oxygens (including phenoxy) is 1. The zero-order valence-electron chi connectivity index (χ0n) is 14.6. The Hall–Kier alpha value is -2.48. The summed E-state index contributed by atoms with van der Waals surface area (Å²) < 4.78 is 19.1. The van der Waals surface area contributed by atoms with Crippen LogP contribution in [0.3, 0.4) is 0 Å². The molecule has 0 spiro atoms. The molecule has 2 aliphatic heterocycles. The van der Waals surface area contributed by atoms with E-state index >= 15 is 0 Å². The highest BCUT2D eigenvalue weighted by atomic mass is 19.1. The second-order valence-corrected chi connectivity index (χ2v) is 7.04. The van der Waals surface area contributed by atoms with Gasteiger partial charge in [-0.05, 0) is 36.1 Å². The normalized spacial score (nSPS) is 22.5. The lowest BCUT2D eigenvalue weighted by atomic mass is 9.89. The van der Waals surface area contributed by atoms with Gasteiger partial charge in [-0.2, -0.15) is 5.26 Å². The van der Waals surface area contributed by atoms with E-state index in [-0.39, 0.29) is 11.9 Å². The van der Waals surface area contributed by atoms with Crippen LogP contribution in [-0.4, -0.2) is 30.2 Å². The van der Waals surface area contributed by atoms with Gasteiger partial charge in [0.2, 0.25) is 0 Å². The van der Waals surface area contributed by atoms with Crippen molar-refractivity contribution in [1.29, 1.82) is 5.26 Å². The highest BCUT2D eigenvalue weighted by Gasteiger charge is 2.34. The number of hydrogen-bond donors (Lipinski definition) is 0. The Balaban J connectivity index is 1.54. The lowest BCUT2D eigenvalue weighted by Gasteiger charge is -2.45. The van der Waals surface area contributed by atoms with Gasteiger partial charge < -0.3 is 4.74 Å². The SMILES string of the molecule is N#Cc1cc(F)ccc1CC1=CC2COCC(C1)N2Cc1ccccc1. The molecule has 3 nitrogen and oxygen atoms in total. The molecule has 2 heterocycles. The largest absolute Gasteiger partial charge is 0.378 e. The Labute approximate surface area is 153 Å². The molecule has 132 valence electrons. The molecule has 4 rings (SSSR count). The fourth-order valence-electron chi connectivity index (χ4n) is 3.97. The van der Waals surface area contributed by atoms with Crippen LogP contribution in [0.2, 0.25) is 0 Å². The summed E-state index contributed by atoms with van der Waals surface area (Å²) in [6.07, 6.45) is 3.91. The van der Waals surface area contributed by atoms with E-state index < -0.39 is 0 Å². The van der Waals surface area contributed by atoms with Crippen molar-refractivity contribution in [3.05, 3.63) is 82.7 Å². The van der Waals surface area contributed by atoms with E-state index in [1.165, 1.54) is 23.3 Å². The van der Waals surface area contributed by atoms with Crippen LogP contribution < -0.4 is 0 Å². The Morgan fingerprint density at radius 1 is 1.15 bits per heavy atom. The molecule has 2 aromatic carbocycles. The first-order valence-corrected chi connectivity index (χ1v) is 8.98. The Morgan fingerprint density at radius 2 is 2.00 bits per heavy atom. The van der Waals surface area contributed by atoms with Crippen LogP contribution in [0.4, 0.5) is 4.39 Å². The topological polar surface area (TPSA) is 36.3 Å². The number of benzene rings is 2. The van der Waals surface area contributed by atoms with E-state index in [2.05, 4.69) is 41.3 Å². The Bertz CT molecular complexity index is 856. The van der Waals surface area contributed by atoms with Crippen LogP contribution in [0.25, 0.3) is 0 Å². The summed E-state index contributed by atoms with van der Waals surface area (Å²) in [4.78, 5) is 2.51. The molecule has 0 radical (unpaired) electrons. The van der Waals surface area contributed by atoms with Crippen molar-refractivity contribution in [3.8, 4) is 6.07 Å². The number of halogens is 1. The molecule has 2 aliphatic rings. The molecule has 0 aliphatic carbocycles. The molecule has 2 atom stereocenters. The van der Waals surface area contributed by atoms with E-state index in [1.807, 2.05) is 6.07 Å². The van der Waals surface area contributed by atoms with Crippen molar-refractivity contribution >= 4 is 0 Å². The lowest BCUT2D eigenvalue weighted by Crippen LogP contribution is -2.53. The second-order valence-electron chi connectivity index (χ2n) is 7.04. The van der Waals surface area contributed by atoms with Gasteiger partial charge in [-0.3, -0.25) is 4.90 Å². The third-order valence-corrected chi connectivity index (χ3v) is 5.24. The van der Waals surface area contributed by atoms with Gasteiger partial charge in [0, 0.05) is 12.6 Å². The third kappa shape index (κ3) is 3.55. The first kappa shape index (κ1) is 17.0. The van der Waals surface area contributed by atoms with Crippen molar-refractivity contribution in [2.75, 3.05) is 13.2 Å². The van der Waals surface area contributed by atoms with E-state index in [4.69, 9.17) is 4.74 Å². The van der Waals surface area contributed by atoms with E-state index in [1.54, 1.807) is 6.07 Å². The standard InChI is InChI=1S/C22H21FN2O/c23-20-7-6-18(19(11-20)12-24)8-17-9-21-14-26-15-22(10-17)25(21)13-16-4-2-1-3-5-16/h1-7,9,11,21-22H,8,10,13-15H2. The van der Waals surface area contributed by atoms with Gasteiger partial charge in [-0.1, -0.05) is 48.0 Å². The highest BCUT2D eigenvalue weighted by molar-refractivity contribution is 5.40. The van der Waals surface area contributed by atoms with E-state index in [9.17, 15) is 9.65 Å². The molecule has 2 unspecified atom stereocenters. The van der Waals surface area contributed by atoms with Crippen molar-refractivity contribution in [3.63, 3.8) is 0 Å². The smallest absolute Gasteiger partial charge is 0.124 e. The monoisotopic (exact) mass is 348 g/mol. The van der Waals surface area contributed by atoms with Crippen LogP contribution in [0.15, 0.2) is 60.2 Å². The molecule has 4 heteroatoms. The Morgan fingerprint density at radius 3 is 2.77 bits per heavy atom. The van der Waals surface area contributed by atoms with Crippen molar-refractivity contribution < 1.29 is 9.13 Å². The number of nitrogens with zero attached hydrogens (tertiary/aromatic N) is 2. The summed E-state index contributed by atoms with van der Waals surface area (Å²) in [5.74, 6) is -0.359. The van der Waals surface area contributed by atoms with Crippen LogP contribution in [0, 0.1) is 17.1 Å². The van der Waals surface area contributed by atoms with Crippen LogP contribution in [0.5, 0.6) is 0 Å². The van der Waals surface area contributed by atoms with Crippen LogP contribution >= 0.6 is 0 Å². The zero-order chi connectivity index (χ0) is 17.9. The van der Waals surface area contributed by atoms with Gasteiger partial charge in [0.25, 0.3) is 0 Å². The van der Waals surface area contributed by atoms with Gasteiger partial charge in [-0.15, -0.1) is 0 Å². The maximum atomic E-state index is 13.4. The number of rotatable bonds is 4. The van der Waals surface area contributed by atoms with Gasteiger partial charge >= 0.3 is 0 Å². The summed E-state index contributed by atoms with van der Waals surface area (Å²) in [7, 11) is 0. The molecule has 0 amide bonds. The predicted molar refractivity (Wildman–Crippen MR) is 97.9 cm³/mol. The second kappa shape index (κ2) is 7.41. The first-order valence-electron chi connectivity index (χ1n) is 8.98. The lowest BCUT2D eigenvalue weighted by molar-refractivity contribution is -0.0440. The average molecular weight is 348 g/mol. The maximum Gasteiger partial charge on any atom is 0.124 e. The molecule has 0 N–H and O–H groups in total. The minimum atomic E-state index is -0.359. The molecular formula is C22H21FN2O. The van der Waals surface area contributed by atoms with Gasteiger partial charge in [0.05, 0.1) is 30.9 Å². The summed E-state index contributed by atoms with van der Waals surface area (Å²) >= 11 is 0. The molecular weight excluding hydrogens is 327 g/mol. The van der Waals surface area contributed by atoms with Crippen molar-refractivity contribution in [1.82, 2.24) is 4.90 Å². The quantitative estimate of drug-likeness (QED) is 0.788. The van der Waals surface area contributed by atoms with Crippen LogP contribution in [-0.2, 0) is 17.7 Å². The molecule has 1 fully saturated rings. The predicted octanol–water partition coefficient (Wildman–Crippen LogP) is 3.84. The molecule has 0 saturated carbocycles. The van der Waals surface area contributed by atoms with Gasteiger partial charge in [-0.25, -0.2) is 4.39 Å². The molecule has 1 saturated heterocycles. The molecule has 2 bridgehead atoms. The van der Waals surface area contributed by atoms with Gasteiger partial charge in [0.15, 0.2) is 0 Å². The number of morpholine rings is 1. The summed E-state index contributed by atoms with van der Waals surface area (Å²) in [6.45, 7) is 2.35. The first-order chi connectivity index (χ1) is 12.7. The van der Waals surface area contributed by atoms with Gasteiger partial charge in [0.1, 0.15) is 5.82 Å².